The lowest BCUT2D eigenvalue weighted by Crippen LogP contribution is -2.40. The van der Waals surface area contributed by atoms with Gasteiger partial charge in [-0.25, -0.2) is 0 Å². The zero-order valence-electron chi connectivity index (χ0n) is 7.01. The fourth-order valence-electron chi connectivity index (χ4n) is 1.53. The second-order valence-corrected chi connectivity index (χ2v) is 3.30. The van der Waals surface area contributed by atoms with E-state index in [0.717, 1.165) is 19.5 Å². The Kier molecular flexibility index (Phi) is 2.88. The Balaban J connectivity index is 2.39. The fraction of sp³-hybridized carbons (Fsp3) is 0.875. The minimum atomic E-state index is -0.118. The average molecular weight is 156 g/mol. The van der Waals surface area contributed by atoms with Gasteiger partial charge in [0.1, 0.15) is 12.4 Å². The van der Waals surface area contributed by atoms with Crippen molar-refractivity contribution in [2.24, 2.45) is 5.92 Å². The lowest BCUT2D eigenvalue weighted by atomic mass is 10.0. The summed E-state index contributed by atoms with van der Waals surface area (Å²) in [5.41, 5.74) is 0. The molecule has 0 aromatic heterocycles. The van der Waals surface area contributed by atoms with Crippen molar-refractivity contribution in [2.45, 2.75) is 19.8 Å². The van der Waals surface area contributed by atoms with Crippen LogP contribution in [0.15, 0.2) is 0 Å². The molecule has 1 aliphatic rings. The molecular weight excluding hydrogens is 140 g/mol. The molecule has 1 atom stereocenters. The molecule has 64 valence electrons. The Bertz CT molecular complexity index is 147. The summed E-state index contributed by atoms with van der Waals surface area (Å²) in [5.74, 6) is 1.05. The summed E-state index contributed by atoms with van der Waals surface area (Å²) < 4.78 is 0. The number of aliphatic hydroxyl groups is 1. The molecule has 0 saturated carbocycles. The van der Waals surface area contributed by atoms with E-state index in [2.05, 4.69) is 6.92 Å². The molecule has 0 radical (unpaired) electrons. The van der Waals surface area contributed by atoms with Crippen LogP contribution in [0.3, 0.4) is 0 Å². The zero-order chi connectivity index (χ0) is 8.27. The second-order valence-electron chi connectivity index (χ2n) is 3.30. The van der Waals surface area contributed by atoms with Gasteiger partial charge in [0.2, 0.25) is 0 Å². The average Bonchev–Trinajstić information content (AvgIpc) is 2.03. The fourth-order valence-corrected chi connectivity index (χ4v) is 1.53. The molecule has 1 unspecified atom stereocenters. The molecule has 0 amide bonds. The van der Waals surface area contributed by atoms with E-state index in [9.17, 15) is 0 Å². The number of hydrogen-bond donors (Lipinski definition) is 2. The number of nitrogens with zero attached hydrogens (tertiary/aromatic N) is 1. The number of rotatable bonds is 1. The summed E-state index contributed by atoms with van der Waals surface area (Å²) in [4.78, 5) is 1.97. The van der Waals surface area contributed by atoms with Crippen molar-refractivity contribution in [3.8, 4) is 0 Å². The predicted molar refractivity (Wildman–Crippen MR) is 44.8 cm³/mol. The smallest absolute Gasteiger partial charge is 0.122 e. The van der Waals surface area contributed by atoms with Crippen LogP contribution in [0.2, 0.25) is 0 Å². The van der Waals surface area contributed by atoms with Crippen LogP contribution in [0.25, 0.3) is 0 Å². The number of hydrogen-bond acceptors (Lipinski definition) is 2. The first-order chi connectivity index (χ1) is 5.24. The Morgan fingerprint density at radius 3 is 3.00 bits per heavy atom. The maximum Gasteiger partial charge on any atom is 0.122 e. The molecule has 0 aliphatic carbocycles. The van der Waals surface area contributed by atoms with E-state index >= 15 is 0 Å². The minimum absolute atomic E-state index is 0.118. The maximum absolute atomic E-state index is 8.71. The highest BCUT2D eigenvalue weighted by Crippen LogP contribution is 2.14. The van der Waals surface area contributed by atoms with Crippen LogP contribution >= 0.6 is 0 Å². The van der Waals surface area contributed by atoms with E-state index in [-0.39, 0.29) is 6.61 Å². The molecule has 3 heteroatoms. The van der Waals surface area contributed by atoms with Crippen LogP contribution in [-0.2, 0) is 0 Å². The van der Waals surface area contributed by atoms with Gasteiger partial charge in [-0.15, -0.1) is 0 Å². The molecule has 2 N–H and O–H groups in total. The number of nitrogens with one attached hydrogen (secondary N) is 1. The molecular formula is C8H16N2O. The van der Waals surface area contributed by atoms with Gasteiger partial charge >= 0.3 is 0 Å². The third-order valence-electron chi connectivity index (χ3n) is 2.19. The lowest BCUT2D eigenvalue weighted by Gasteiger charge is -2.32. The van der Waals surface area contributed by atoms with Crippen molar-refractivity contribution in [1.82, 2.24) is 4.90 Å². The van der Waals surface area contributed by atoms with Gasteiger partial charge in [-0.2, -0.15) is 0 Å². The van der Waals surface area contributed by atoms with Crippen LogP contribution in [0.5, 0.6) is 0 Å². The highest BCUT2D eigenvalue weighted by atomic mass is 16.3. The van der Waals surface area contributed by atoms with Crippen molar-refractivity contribution in [2.75, 3.05) is 19.7 Å². The standard InChI is InChI=1S/C8H16N2O/c1-7-3-2-4-10(5-7)8(9)6-11/h7,9,11H,2-6H2,1H3. The van der Waals surface area contributed by atoms with Gasteiger partial charge in [-0.3, -0.25) is 5.41 Å². The quantitative estimate of drug-likeness (QED) is 0.433. The molecule has 0 aromatic carbocycles. The number of piperidine rings is 1. The van der Waals surface area contributed by atoms with Crippen LogP contribution in [0.1, 0.15) is 19.8 Å². The Morgan fingerprint density at radius 1 is 1.73 bits per heavy atom. The van der Waals surface area contributed by atoms with Crippen molar-refractivity contribution < 1.29 is 5.11 Å². The van der Waals surface area contributed by atoms with E-state index in [4.69, 9.17) is 10.5 Å². The molecule has 1 rings (SSSR count). The zero-order valence-corrected chi connectivity index (χ0v) is 7.01. The van der Waals surface area contributed by atoms with Gasteiger partial charge in [0.05, 0.1) is 0 Å². The highest BCUT2D eigenvalue weighted by Gasteiger charge is 2.17. The van der Waals surface area contributed by atoms with E-state index in [1.807, 2.05) is 4.90 Å². The summed E-state index contributed by atoms with van der Waals surface area (Å²) in [6.07, 6.45) is 2.42. The normalized spacial score (nSPS) is 25.3. The summed E-state index contributed by atoms with van der Waals surface area (Å²) in [6.45, 7) is 3.96. The Hall–Kier alpha value is -0.570. The first-order valence-electron chi connectivity index (χ1n) is 4.17. The van der Waals surface area contributed by atoms with Gasteiger partial charge in [0.15, 0.2) is 0 Å². The van der Waals surface area contributed by atoms with E-state index in [1.165, 1.54) is 6.42 Å². The molecule has 1 saturated heterocycles. The predicted octanol–water partition coefficient (Wildman–Crippen LogP) is 0.688. The van der Waals surface area contributed by atoms with Crippen molar-refractivity contribution in [1.29, 1.82) is 5.41 Å². The summed E-state index contributed by atoms with van der Waals surface area (Å²) in [6, 6.07) is 0. The van der Waals surface area contributed by atoms with Crippen molar-refractivity contribution in [3.63, 3.8) is 0 Å². The molecule has 3 nitrogen and oxygen atoms in total. The van der Waals surface area contributed by atoms with E-state index < -0.39 is 0 Å². The lowest BCUT2D eigenvalue weighted by molar-refractivity contribution is 0.248. The summed E-state index contributed by atoms with van der Waals surface area (Å²) in [7, 11) is 0. The molecule has 0 aromatic rings. The molecule has 1 heterocycles. The summed E-state index contributed by atoms with van der Waals surface area (Å²) in [5, 5.41) is 16.1. The van der Waals surface area contributed by atoms with E-state index in [1.54, 1.807) is 0 Å². The number of aliphatic hydroxyl groups excluding tert-OH is 1. The minimum Gasteiger partial charge on any atom is -0.388 e. The van der Waals surface area contributed by atoms with Crippen LogP contribution < -0.4 is 0 Å². The Morgan fingerprint density at radius 2 is 2.45 bits per heavy atom. The van der Waals surface area contributed by atoms with Gasteiger partial charge in [-0.05, 0) is 18.8 Å². The van der Waals surface area contributed by atoms with Gasteiger partial charge in [0.25, 0.3) is 0 Å². The SMILES string of the molecule is CC1CCCN(C(=N)CO)C1. The van der Waals surface area contributed by atoms with Crippen molar-refractivity contribution >= 4 is 5.84 Å². The first kappa shape index (κ1) is 8.53. The molecule has 1 aliphatic heterocycles. The molecule has 11 heavy (non-hydrogen) atoms. The molecule has 0 bridgehead atoms. The third kappa shape index (κ3) is 2.19. The van der Waals surface area contributed by atoms with Gasteiger partial charge in [-0.1, -0.05) is 6.92 Å². The monoisotopic (exact) mass is 156 g/mol. The second kappa shape index (κ2) is 3.72. The maximum atomic E-state index is 8.71. The van der Waals surface area contributed by atoms with Gasteiger partial charge < -0.3 is 10.0 Å². The topological polar surface area (TPSA) is 47.3 Å². The first-order valence-corrected chi connectivity index (χ1v) is 4.17. The van der Waals surface area contributed by atoms with Gasteiger partial charge in [0, 0.05) is 13.1 Å². The highest BCUT2D eigenvalue weighted by molar-refractivity contribution is 5.80. The molecule has 0 spiro atoms. The van der Waals surface area contributed by atoms with Crippen LogP contribution in [0.4, 0.5) is 0 Å². The third-order valence-corrected chi connectivity index (χ3v) is 2.19. The Labute approximate surface area is 67.5 Å². The van der Waals surface area contributed by atoms with Crippen LogP contribution in [0, 0.1) is 11.3 Å². The molecule has 1 fully saturated rings. The summed E-state index contributed by atoms with van der Waals surface area (Å²) >= 11 is 0. The largest absolute Gasteiger partial charge is 0.388 e. The van der Waals surface area contributed by atoms with E-state index in [0.29, 0.717) is 11.8 Å². The number of amidine groups is 1. The van der Waals surface area contributed by atoms with Crippen LogP contribution in [-0.4, -0.2) is 35.5 Å². The number of likely N-dealkylation sites (tertiary alicyclic amines) is 1. The van der Waals surface area contributed by atoms with Crippen molar-refractivity contribution in [3.05, 3.63) is 0 Å².